The molecule has 2 aromatic heterocycles. The molecular formula is C24H28N2O4. The number of rotatable bonds is 9. The Morgan fingerprint density at radius 3 is 2.37 bits per heavy atom. The molecule has 0 saturated carbocycles. The van der Waals surface area contributed by atoms with E-state index in [1.54, 1.807) is 17.0 Å². The molecule has 6 heteroatoms. The number of aryl methyl sites for hydroxylation is 1. The van der Waals surface area contributed by atoms with Crippen molar-refractivity contribution in [2.75, 3.05) is 13.1 Å². The lowest BCUT2D eigenvalue weighted by molar-refractivity contribution is -0.133. The summed E-state index contributed by atoms with van der Waals surface area (Å²) in [5, 5.41) is 0. The van der Waals surface area contributed by atoms with E-state index >= 15 is 0 Å². The van der Waals surface area contributed by atoms with E-state index in [0.717, 1.165) is 23.5 Å². The fourth-order valence-electron chi connectivity index (χ4n) is 3.24. The Morgan fingerprint density at radius 1 is 1.00 bits per heavy atom. The van der Waals surface area contributed by atoms with Crippen LogP contribution in [0.3, 0.4) is 0 Å². The summed E-state index contributed by atoms with van der Waals surface area (Å²) in [4.78, 5) is 29.3. The highest BCUT2D eigenvalue weighted by Crippen LogP contribution is 2.14. The Balaban J connectivity index is 1.74. The molecule has 0 aliphatic heterocycles. The van der Waals surface area contributed by atoms with Crippen LogP contribution >= 0.6 is 0 Å². The predicted molar refractivity (Wildman–Crippen MR) is 114 cm³/mol. The van der Waals surface area contributed by atoms with Gasteiger partial charge in [0.05, 0.1) is 12.8 Å². The van der Waals surface area contributed by atoms with Crippen molar-refractivity contribution in [3.8, 4) is 0 Å². The van der Waals surface area contributed by atoms with Crippen molar-refractivity contribution in [1.82, 2.24) is 9.80 Å². The maximum Gasteiger partial charge on any atom is 0.290 e. The van der Waals surface area contributed by atoms with Gasteiger partial charge in [-0.3, -0.25) is 9.59 Å². The van der Waals surface area contributed by atoms with Gasteiger partial charge in [-0.1, -0.05) is 30.3 Å². The number of nitrogens with zero attached hydrogens (tertiary/aromatic N) is 2. The minimum Gasteiger partial charge on any atom is -0.464 e. The van der Waals surface area contributed by atoms with Crippen LogP contribution in [-0.2, 0) is 17.8 Å². The van der Waals surface area contributed by atoms with Crippen LogP contribution in [0.5, 0.6) is 0 Å². The third-order valence-electron chi connectivity index (χ3n) is 4.93. The summed E-state index contributed by atoms with van der Waals surface area (Å²) in [5.74, 6) is 1.34. The van der Waals surface area contributed by atoms with E-state index in [-0.39, 0.29) is 30.2 Å². The van der Waals surface area contributed by atoms with Crippen molar-refractivity contribution in [3.05, 3.63) is 83.7 Å². The Morgan fingerprint density at radius 2 is 1.77 bits per heavy atom. The van der Waals surface area contributed by atoms with Gasteiger partial charge in [0.15, 0.2) is 5.76 Å². The quantitative estimate of drug-likeness (QED) is 0.529. The first kappa shape index (κ1) is 21.4. The summed E-state index contributed by atoms with van der Waals surface area (Å²) in [6.45, 7) is 6.52. The number of benzene rings is 1. The lowest BCUT2D eigenvalue weighted by atomic mass is 10.1. The molecule has 0 N–H and O–H groups in total. The summed E-state index contributed by atoms with van der Waals surface area (Å²) < 4.78 is 10.9. The molecule has 3 aromatic rings. The molecule has 158 valence electrons. The van der Waals surface area contributed by atoms with E-state index in [2.05, 4.69) is 0 Å². The molecule has 30 heavy (non-hydrogen) atoms. The number of carbonyl (C=O) groups excluding carboxylic acids is 2. The van der Waals surface area contributed by atoms with Gasteiger partial charge in [-0.2, -0.15) is 0 Å². The lowest BCUT2D eigenvalue weighted by Gasteiger charge is -2.29. The normalized spacial score (nSPS) is 10.9. The van der Waals surface area contributed by atoms with Gasteiger partial charge in [-0.15, -0.1) is 0 Å². The summed E-state index contributed by atoms with van der Waals surface area (Å²) >= 11 is 0. The van der Waals surface area contributed by atoms with Gasteiger partial charge in [-0.25, -0.2) is 0 Å². The maximum absolute atomic E-state index is 13.2. The van der Waals surface area contributed by atoms with Crippen molar-refractivity contribution in [1.29, 1.82) is 0 Å². The first-order chi connectivity index (χ1) is 14.4. The van der Waals surface area contributed by atoms with Crippen molar-refractivity contribution in [2.45, 2.75) is 39.8 Å². The smallest absolute Gasteiger partial charge is 0.290 e. The molecule has 6 nitrogen and oxygen atoms in total. The highest BCUT2D eigenvalue weighted by molar-refractivity contribution is 5.94. The second-order valence-corrected chi connectivity index (χ2v) is 7.57. The first-order valence-corrected chi connectivity index (χ1v) is 10.2. The molecule has 2 amide bonds. The zero-order valence-electron chi connectivity index (χ0n) is 17.7. The van der Waals surface area contributed by atoms with E-state index in [4.69, 9.17) is 8.83 Å². The Hall–Kier alpha value is -3.28. The van der Waals surface area contributed by atoms with Crippen molar-refractivity contribution in [3.63, 3.8) is 0 Å². The Labute approximate surface area is 177 Å². The van der Waals surface area contributed by atoms with E-state index in [1.807, 2.05) is 63.2 Å². The zero-order chi connectivity index (χ0) is 21.5. The zero-order valence-corrected chi connectivity index (χ0v) is 17.7. The van der Waals surface area contributed by atoms with Crippen LogP contribution < -0.4 is 0 Å². The molecule has 1 aromatic carbocycles. The SMILES string of the molecule is Cc1ccc(CN(CCc2ccccc2)C(=O)CN(C(=O)c2ccco2)C(C)C)o1. The molecule has 0 atom stereocenters. The molecule has 0 radical (unpaired) electrons. The molecule has 0 aliphatic rings. The fraction of sp³-hybridized carbons (Fsp3) is 0.333. The average molecular weight is 408 g/mol. The summed E-state index contributed by atoms with van der Waals surface area (Å²) in [6.07, 6.45) is 2.18. The summed E-state index contributed by atoms with van der Waals surface area (Å²) in [5.41, 5.74) is 1.15. The van der Waals surface area contributed by atoms with E-state index in [0.29, 0.717) is 13.1 Å². The van der Waals surface area contributed by atoms with Crippen LogP contribution in [0.25, 0.3) is 0 Å². The third kappa shape index (κ3) is 5.63. The second kappa shape index (κ2) is 9.96. The van der Waals surface area contributed by atoms with Crippen LogP contribution in [0.15, 0.2) is 69.7 Å². The number of hydrogen-bond acceptors (Lipinski definition) is 4. The average Bonchev–Trinajstić information content (AvgIpc) is 3.41. The molecule has 0 saturated heterocycles. The predicted octanol–water partition coefficient (Wildman–Crippen LogP) is 4.30. The van der Waals surface area contributed by atoms with Crippen molar-refractivity contribution in [2.24, 2.45) is 0 Å². The molecule has 0 unspecified atom stereocenters. The van der Waals surface area contributed by atoms with Gasteiger partial charge in [0.2, 0.25) is 5.91 Å². The lowest BCUT2D eigenvalue weighted by Crippen LogP contribution is -2.46. The summed E-state index contributed by atoms with van der Waals surface area (Å²) in [6, 6.07) is 16.9. The second-order valence-electron chi connectivity index (χ2n) is 7.57. The van der Waals surface area contributed by atoms with E-state index in [1.165, 1.54) is 11.2 Å². The van der Waals surface area contributed by atoms with Gasteiger partial charge >= 0.3 is 0 Å². The van der Waals surface area contributed by atoms with E-state index in [9.17, 15) is 9.59 Å². The maximum atomic E-state index is 13.2. The van der Waals surface area contributed by atoms with Crippen LogP contribution in [-0.4, -0.2) is 40.7 Å². The Kier molecular flexibility index (Phi) is 7.12. The number of furan rings is 2. The molecular weight excluding hydrogens is 380 g/mol. The molecule has 0 bridgehead atoms. The van der Waals surface area contributed by atoms with Gasteiger partial charge < -0.3 is 18.6 Å². The molecule has 0 fully saturated rings. The van der Waals surface area contributed by atoms with Crippen LogP contribution in [0.4, 0.5) is 0 Å². The Bertz CT molecular complexity index is 945. The van der Waals surface area contributed by atoms with Crippen molar-refractivity contribution >= 4 is 11.8 Å². The number of hydrogen-bond donors (Lipinski definition) is 0. The molecule has 0 spiro atoms. The number of amides is 2. The van der Waals surface area contributed by atoms with Crippen molar-refractivity contribution < 1.29 is 18.4 Å². The van der Waals surface area contributed by atoms with Gasteiger partial charge in [-0.05, 0) is 57.0 Å². The van der Waals surface area contributed by atoms with E-state index < -0.39 is 0 Å². The molecule has 0 aliphatic carbocycles. The number of carbonyl (C=O) groups is 2. The molecule has 3 rings (SSSR count). The standard InChI is InChI=1S/C24H28N2O4/c1-18(2)26(24(28)22-10-7-15-29-22)17-23(27)25(16-21-12-11-19(3)30-21)14-13-20-8-5-4-6-9-20/h4-12,15,18H,13-14,16-17H2,1-3H3. The fourth-order valence-corrected chi connectivity index (χ4v) is 3.24. The minimum atomic E-state index is -0.291. The van der Waals surface area contributed by atoms with Crippen LogP contribution in [0.1, 0.15) is 41.5 Å². The molecule has 2 heterocycles. The highest BCUT2D eigenvalue weighted by Gasteiger charge is 2.26. The highest BCUT2D eigenvalue weighted by atomic mass is 16.3. The summed E-state index contributed by atoms with van der Waals surface area (Å²) in [7, 11) is 0. The van der Waals surface area contributed by atoms with Gasteiger partial charge in [0, 0.05) is 12.6 Å². The van der Waals surface area contributed by atoms with Gasteiger partial charge in [0.25, 0.3) is 5.91 Å². The van der Waals surface area contributed by atoms with Crippen LogP contribution in [0, 0.1) is 6.92 Å². The largest absolute Gasteiger partial charge is 0.464 e. The van der Waals surface area contributed by atoms with Crippen LogP contribution in [0.2, 0.25) is 0 Å². The third-order valence-corrected chi connectivity index (χ3v) is 4.93. The minimum absolute atomic E-state index is 0.0221. The first-order valence-electron chi connectivity index (χ1n) is 10.2. The monoisotopic (exact) mass is 408 g/mol. The van der Waals surface area contributed by atoms with Gasteiger partial charge in [0.1, 0.15) is 18.1 Å². The topological polar surface area (TPSA) is 66.9 Å².